The second-order valence-corrected chi connectivity index (χ2v) is 10.8. The van der Waals surface area contributed by atoms with Crippen molar-refractivity contribution in [3.8, 4) is 23.5 Å². The Hall–Kier alpha value is -3.57. The van der Waals surface area contributed by atoms with Crippen LogP contribution in [0.3, 0.4) is 0 Å². The molecule has 1 amide bonds. The van der Waals surface area contributed by atoms with E-state index in [0.717, 1.165) is 45.1 Å². The zero-order valence-electron chi connectivity index (χ0n) is 25.8. The molecule has 1 N–H and O–H groups in total. The Bertz CT molecular complexity index is 1550. The lowest BCUT2D eigenvalue weighted by molar-refractivity contribution is -0.329. The lowest BCUT2D eigenvalue weighted by Crippen LogP contribution is -2.57. The summed E-state index contributed by atoms with van der Waals surface area (Å²) in [5, 5.41) is 2.82. The average Bonchev–Trinajstić information content (AvgIpc) is 3.47. The number of aryl methyl sites for hydroxylation is 2. The van der Waals surface area contributed by atoms with Gasteiger partial charge in [-0.05, 0) is 55.8 Å². The third-order valence-corrected chi connectivity index (χ3v) is 7.70. The van der Waals surface area contributed by atoms with Crippen LogP contribution in [-0.2, 0) is 23.7 Å². The molecule has 1 aromatic heterocycles. The highest BCUT2D eigenvalue weighted by Crippen LogP contribution is 2.43. The number of aromatic nitrogens is 1. The molecule has 0 fully saturated rings. The zero-order valence-corrected chi connectivity index (χ0v) is 26.6. The van der Waals surface area contributed by atoms with Crippen LogP contribution in [0.25, 0.3) is 5.57 Å². The van der Waals surface area contributed by atoms with E-state index in [-0.39, 0.29) is 25.0 Å². The van der Waals surface area contributed by atoms with E-state index >= 15 is 0 Å². The van der Waals surface area contributed by atoms with Crippen molar-refractivity contribution in [3.63, 3.8) is 0 Å². The van der Waals surface area contributed by atoms with Crippen LogP contribution >= 0.6 is 11.6 Å². The van der Waals surface area contributed by atoms with Crippen molar-refractivity contribution in [2.45, 2.75) is 27.7 Å². The molecule has 2 aliphatic rings. The number of hydrogen-bond acceptors (Lipinski definition) is 5. The maximum atomic E-state index is 11.9. The average molecular weight is 604 g/mol. The molecule has 0 aliphatic carbocycles. The number of ether oxygens (including phenoxy) is 4. The second-order valence-electron chi connectivity index (χ2n) is 10.5. The third-order valence-electron chi connectivity index (χ3n) is 7.46. The summed E-state index contributed by atoms with van der Waals surface area (Å²) >= 11 is 5.70. The predicted octanol–water partition coefficient (Wildman–Crippen LogP) is 4.19. The van der Waals surface area contributed by atoms with Gasteiger partial charge in [-0.3, -0.25) is 4.79 Å². The van der Waals surface area contributed by atoms with Gasteiger partial charge in [0.25, 0.3) is 0 Å². The van der Waals surface area contributed by atoms with Crippen molar-refractivity contribution in [2.75, 3.05) is 65.1 Å². The summed E-state index contributed by atoms with van der Waals surface area (Å²) in [6, 6.07) is 10.0. The first-order chi connectivity index (χ1) is 20.8. The molecule has 0 atom stereocenters. The van der Waals surface area contributed by atoms with Crippen molar-refractivity contribution >= 4 is 40.9 Å². The highest BCUT2D eigenvalue weighted by atomic mass is 35.5. The molecule has 1 aromatic carbocycles. The molecule has 8 nitrogen and oxygen atoms in total. The molecule has 2 aliphatic heterocycles. The number of nitrogens with zero attached hydrogens (tertiary/aromatic N) is 2. The van der Waals surface area contributed by atoms with Crippen LogP contribution in [0.5, 0.6) is 0 Å². The number of anilines is 1. The monoisotopic (exact) mass is 603 g/mol. The number of benzene rings is 1. The number of hydrogen-bond donors (Lipinski definition) is 1. The van der Waals surface area contributed by atoms with Gasteiger partial charge in [0.1, 0.15) is 24.8 Å². The van der Waals surface area contributed by atoms with Gasteiger partial charge >= 0.3 is 6.42 Å². The molecule has 0 unspecified atom stereocenters. The summed E-state index contributed by atoms with van der Waals surface area (Å²) in [5.74, 6) is 13.4. The molecule has 0 bridgehead atoms. The van der Waals surface area contributed by atoms with E-state index in [2.05, 4.69) is 77.6 Å². The van der Waals surface area contributed by atoms with E-state index in [1.54, 1.807) is 14.2 Å². The Morgan fingerprint density at radius 3 is 2.12 bits per heavy atom. The molecule has 0 saturated heterocycles. The van der Waals surface area contributed by atoms with E-state index in [1.807, 2.05) is 24.3 Å². The van der Waals surface area contributed by atoms with Crippen LogP contribution in [-0.4, -0.2) is 86.7 Å². The van der Waals surface area contributed by atoms with Gasteiger partial charge in [0.2, 0.25) is 5.91 Å². The van der Waals surface area contributed by atoms with E-state index in [0.29, 0.717) is 32.1 Å². The molecule has 226 valence electrons. The highest BCUT2D eigenvalue weighted by Gasteiger charge is 2.50. The number of nitrogens with one attached hydrogen (secondary N) is 1. The molecule has 43 heavy (non-hydrogen) atoms. The fourth-order valence-corrected chi connectivity index (χ4v) is 5.91. The Morgan fingerprint density at radius 1 is 0.953 bits per heavy atom. The van der Waals surface area contributed by atoms with Gasteiger partial charge in [-0.25, -0.2) is 0 Å². The minimum Gasteiger partial charge on any atom is -0.435 e. The summed E-state index contributed by atoms with van der Waals surface area (Å²) in [6.45, 7) is 10.9. The van der Waals surface area contributed by atoms with Crippen molar-refractivity contribution in [1.29, 1.82) is 0 Å². The van der Waals surface area contributed by atoms with Gasteiger partial charge in [-0.1, -0.05) is 12.1 Å². The minimum atomic E-state index is -1.98. The summed E-state index contributed by atoms with van der Waals surface area (Å²) in [5.41, 5.74) is 9.27. The largest absolute Gasteiger partial charge is 0.520 e. The molecule has 0 radical (unpaired) electrons. The standard InChI is InChI=1S/C33H39BClN3O5/c1-24-21-26(3)37-32(24)31(28-9-11-29(12-10-28)36-30(39)23-35)33-25(2)22-27(4)38(33)34(37,13-7-15-42-19-17-40-5)14-8-16-43-20-18-41-6/h9-12,21-22H,15-20,23H2,1-6H3,(H,36,39). The Kier molecular flexibility index (Phi) is 11.1. The van der Waals surface area contributed by atoms with E-state index in [9.17, 15) is 4.79 Å². The maximum absolute atomic E-state index is 11.9. The van der Waals surface area contributed by atoms with E-state index in [4.69, 9.17) is 30.5 Å². The van der Waals surface area contributed by atoms with Gasteiger partial charge < -0.3 is 33.2 Å². The number of amides is 1. The first-order valence-corrected chi connectivity index (χ1v) is 14.8. The van der Waals surface area contributed by atoms with Gasteiger partial charge in [-0.15, -0.1) is 23.4 Å². The highest BCUT2D eigenvalue weighted by molar-refractivity contribution is 6.87. The number of methoxy groups -OCH3 is 2. The molecule has 4 rings (SSSR count). The molecule has 10 heteroatoms. The maximum Gasteiger partial charge on any atom is 0.520 e. The summed E-state index contributed by atoms with van der Waals surface area (Å²) in [4.78, 5) is 11.9. The Morgan fingerprint density at radius 2 is 1.56 bits per heavy atom. The number of alkyl halides is 1. The van der Waals surface area contributed by atoms with Crippen LogP contribution in [0, 0.1) is 37.3 Å². The number of carbonyl (C=O) groups excluding carboxylic acids is 1. The van der Waals surface area contributed by atoms with Crippen LogP contribution in [0.15, 0.2) is 47.7 Å². The predicted molar refractivity (Wildman–Crippen MR) is 173 cm³/mol. The number of allylic oxidation sites excluding steroid dienone is 2. The second kappa shape index (κ2) is 14.7. The topological polar surface area (TPSA) is 74.0 Å². The normalized spacial score (nSPS) is 14.8. The molecule has 0 spiro atoms. The minimum absolute atomic E-state index is 0.0990. The van der Waals surface area contributed by atoms with Crippen LogP contribution in [0.1, 0.15) is 36.4 Å². The fraction of sp³-hybridized carbons (Fsp3) is 0.394. The van der Waals surface area contributed by atoms with Gasteiger partial charge in [0.15, 0.2) is 5.70 Å². The van der Waals surface area contributed by atoms with Gasteiger partial charge in [-0.2, -0.15) is 11.6 Å². The molecule has 2 aromatic rings. The third kappa shape index (κ3) is 6.83. The fourth-order valence-electron chi connectivity index (χ4n) is 5.84. The van der Waals surface area contributed by atoms with Crippen LogP contribution in [0.2, 0.25) is 0 Å². The zero-order chi connectivity index (χ0) is 31.0. The lowest BCUT2D eigenvalue weighted by Gasteiger charge is -2.39. The number of carbonyl (C=O) groups is 1. The first-order valence-electron chi connectivity index (χ1n) is 14.3. The van der Waals surface area contributed by atoms with Crippen LogP contribution in [0.4, 0.5) is 5.69 Å². The van der Waals surface area contributed by atoms with Gasteiger partial charge in [0, 0.05) is 44.2 Å². The van der Waals surface area contributed by atoms with Crippen LogP contribution < -0.4 is 5.32 Å². The SMILES string of the molecule is COCCOCC#C[B-]1(C#CCOCCOC)n2c(C)cc(C)c2C(c2ccc(NC(=O)CCl)cc2)=C2C(C)=CC(C)=[N+]21. The molecular formula is C33H39BClN3O5. The smallest absolute Gasteiger partial charge is 0.435 e. The van der Waals surface area contributed by atoms with Crippen molar-refractivity contribution < 1.29 is 28.2 Å². The Labute approximate surface area is 259 Å². The Balaban J connectivity index is 1.92. The summed E-state index contributed by atoms with van der Waals surface area (Å²) < 4.78 is 26.3. The molecular weight excluding hydrogens is 565 g/mol. The quantitative estimate of drug-likeness (QED) is 0.181. The van der Waals surface area contributed by atoms with Crippen molar-refractivity contribution in [1.82, 2.24) is 4.48 Å². The van der Waals surface area contributed by atoms with Gasteiger partial charge in [0.05, 0.1) is 32.0 Å². The number of halogens is 1. The van der Waals surface area contributed by atoms with E-state index < -0.39 is 6.42 Å². The molecule has 0 saturated carbocycles. The lowest BCUT2D eigenvalue weighted by atomic mass is 9.45. The first kappa shape index (κ1) is 32.4. The number of fused-ring (bicyclic) bond motifs is 2. The van der Waals surface area contributed by atoms with Crippen molar-refractivity contribution in [3.05, 3.63) is 70.2 Å². The number of rotatable bonds is 11. The molecule has 3 heterocycles. The summed E-state index contributed by atoms with van der Waals surface area (Å²) in [6.07, 6.45) is 0.204. The van der Waals surface area contributed by atoms with E-state index in [1.165, 1.54) is 0 Å². The summed E-state index contributed by atoms with van der Waals surface area (Å²) in [7, 11) is 3.29. The van der Waals surface area contributed by atoms with Crippen molar-refractivity contribution in [2.24, 2.45) is 0 Å².